The van der Waals surface area contributed by atoms with Crippen LogP contribution in [0.15, 0.2) is 18.2 Å². The first kappa shape index (κ1) is 12.3. The molecule has 1 heterocycles. The van der Waals surface area contributed by atoms with Crippen LogP contribution in [0, 0.1) is 6.92 Å². The Kier molecular flexibility index (Phi) is 2.49. The molecular formula is C16H20N2O. The van der Waals surface area contributed by atoms with Crippen LogP contribution in [0.3, 0.4) is 0 Å². The Bertz CT molecular complexity index is 684. The van der Waals surface area contributed by atoms with E-state index in [0.29, 0.717) is 0 Å². The second-order valence-corrected chi connectivity index (χ2v) is 5.96. The first-order chi connectivity index (χ1) is 8.95. The van der Waals surface area contributed by atoms with Gasteiger partial charge in [0.15, 0.2) is 0 Å². The van der Waals surface area contributed by atoms with Crippen LogP contribution in [-0.2, 0) is 23.7 Å². The minimum atomic E-state index is -0.532. The molecule has 0 saturated heterocycles. The van der Waals surface area contributed by atoms with Crippen molar-refractivity contribution in [2.75, 3.05) is 0 Å². The Hall–Kier alpha value is -1.77. The molecule has 0 fully saturated rings. The summed E-state index contributed by atoms with van der Waals surface area (Å²) in [6.07, 6.45) is 2.91. The van der Waals surface area contributed by atoms with Crippen LogP contribution in [0.5, 0.6) is 0 Å². The fraction of sp³-hybridized carbons (Fsp3) is 0.438. The Morgan fingerprint density at radius 1 is 1.42 bits per heavy atom. The van der Waals surface area contributed by atoms with Crippen LogP contribution in [0.4, 0.5) is 0 Å². The average molecular weight is 256 g/mol. The molecule has 0 unspecified atom stereocenters. The maximum atomic E-state index is 11.9. The zero-order chi connectivity index (χ0) is 13.8. The van der Waals surface area contributed by atoms with Crippen LogP contribution < -0.4 is 5.73 Å². The number of rotatable bonds is 1. The van der Waals surface area contributed by atoms with E-state index >= 15 is 0 Å². The molecule has 1 aliphatic carbocycles. The lowest BCUT2D eigenvalue weighted by atomic mass is 9.74. The van der Waals surface area contributed by atoms with Crippen molar-refractivity contribution in [3.05, 3.63) is 35.0 Å². The van der Waals surface area contributed by atoms with Crippen LogP contribution in [0.1, 0.15) is 36.6 Å². The smallest absolute Gasteiger partial charge is 0.229 e. The molecule has 3 rings (SSSR count). The topological polar surface area (TPSA) is 48.0 Å². The van der Waals surface area contributed by atoms with E-state index in [2.05, 4.69) is 29.7 Å². The lowest BCUT2D eigenvalue weighted by Gasteiger charge is -2.32. The van der Waals surface area contributed by atoms with Crippen LogP contribution in [-0.4, -0.2) is 10.5 Å². The van der Waals surface area contributed by atoms with E-state index in [4.69, 9.17) is 5.73 Å². The number of nitrogens with two attached hydrogens (primary N) is 1. The molecule has 3 nitrogen and oxygen atoms in total. The van der Waals surface area contributed by atoms with Gasteiger partial charge < -0.3 is 10.3 Å². The molecule has 0 radical (unpaired) electrons. The third-order valence-electron chi connectivity index (χ3n) is 4.63. The summed E-state index contributed by atoms with van der Waals surface area (Å²) in [4.78, 5) is 11.9. The van der Waals surface area contributed by atoms with Gasteiger partial charge in [0, 0.05) is 23.6 Å². The Balaban J connectivity index is 2.40. The predicted molar refractivity (Wildman–Crippen MR) is 77.1 cm³/mol. The quantitative estimate of drug-likeness (QED) is 0.837. The Morgan fingerprint density at radius 3 is 2.84 bits per heavy atom. The van der Waals surface area contributed by atoms with Gasteiger partial charge in [0.2, 0.25) is 5.91 Å². The molecule has 0 bridgehead atoms. The lowest BCUT2D eigenvalue weighted by molar-refractivity contribution is -0.123. The summed E-state index contributed by atoms with van der Waals surface area (Å²) in [6, 6.07) is 6.49. The van der Waals surface area contributed by atoms with Gasteiger partial charge in [-0.1, -0.05) is 11.6 Å². The maximum Gasteiger partial charge on any atom is 0.229 e. The molecule has 1 amide bonds. The number of hydrogen-bond donors (Lipinski definition) is 1. The number of aryl methyl sites for hydroxylation is 3. The fourth-order valence-electron chi connectivity index (χ4n) is 3.57. The van der Waals surface area contributed by atoms with E-state index in [1.165, 1.54) is 22.0 Å². The van der Waals surface area contributed by atoms with Crippen LogP contribution in [0.25, 0.3) is 10.9 Å². The summed E-state index contributed by atoms with van der Waals surface area (Å²) in [5, 5.41) is 1.28. The van der Waals surface area contributed by atoms with Crippen molar-refractivity contribution in [1.29, 1.82) is 0 Å². The largest absolute Gasteiger partial charge is 0.369 e. The zero-order valence-electron chi connectivity index (χ0n) is 11.8. The number of nitrogens with zero attached hydrogens (tertiary/aromatic N) is 1. The van der Waals surface area contributed by atoms with Gasteiger partial charge in [-0.15, -0.1) is 0 Å². The zero-order valence-corrected chi connectivity index (χ0v) is 11.8. The minimum Gasteiger partial charge on any atom is -0.369 e. The first-order valence-electron chi connectivity index (χ1n) is 6.83. The summed E-state index contributed by atoms with van der Waals surface area (Å²) in [5.41, 5.74) is 10.0. The number of hydrogen-bond acceptors (Lipinski definition) is 1. The molecule has 2 aromatic rings. The SMILES string of the molecule is Cc1ccc2c(c1)c1c(n2C)[C@@](C)(C(N)=O)CCC1. The van der Waals surface area contributed by atoms with Crippen molar-refractivity contribution in [3.8, 4) is 0 Å². The van der Waals surface area contributed by atoms with Gasteiger partial charge in [-0.25, -0.2) is 0 Å². The van der Waals surface area contributed by atoms with Gasteiger partial charge in [-0.2, -0.15) is 0 Å². The highest BCUT2D eigenvalue weighted by Crippen LogP contribution is 2.41. The third kappa shape index (κ3) is 1.54. The normalized spacial score (nSPS) is 22.5. The van der Waals surface area contributed by atoms with Gasteiger partial charge in [0.25, 0.3) is 0 Å². The van der Waals surface area contributed by atoms with E-state index in [-0.39, 0.29) is 5.91 Å². The van der Waals surface area contributed by atoms with E-state index in [1.54, 1.807) is 0 Å². The van der Waals surface area contributed by atoms with Crippen molar-refractivity contribution >= 4 is 16.8 Å². The summed E-state index contributed by atoms with van der Waals surface area (Å²) in [6.45, 7) is 4.09. The van der Waals surface area contributed by atoms with E-state index in [0.717, 1.165) is 25.0 Å². The minimum absolute atomic E-state index is 0.212. The number of carbonyl (C=O) groups is 1. The van der Waals surface area contributed by atoms with Gasteiger partial charge in [-0.05, 0) is 50.8 Å². The molecule has 100 valence electrons. The third-order valence-corrected chi connectivity index (χ3v) is 4.63. The summed E-state index contributed by atoms with van der Waals surface area (Å²) < 4.78 is 2.16. The molecular weight excluding hydrogens is 236 g/mol. The Morgan fingerprint density at radius 2 is 2.16 bits per heavy atom. The molecule has 1 atom stereocenters. The lowest BCUT2D eigenvalue weighted by Crippen LogP contribution is -2.42. The molecule has 0 aliphatic heterocycles. The molecule has 1 aliphatic rings. The van der Waals surface area contributed by atoms with Crippen LogP contribution in [0.2, 0.25) is 0 Å². The fourth-order valence-corrected chi connectivity index (χ4v) is 3.57. The molecule has 19 heavy (non-hydrogen) atoms. The highest BCUT2D eigenvalue weighted by molar-refractivity contribution is 5.93. The molecule has 1 aromatic heterocycles. The monoisotopic (exact) mass is 256 g/mol. The van der Waals surface area contributed by atoms with Crippen molar-refractivity contribution in [2.45, 2.75) is 38.5 Å². The van der Waals surface area contributed by atoms with E-state index in [1.807, 2.05) is 14.0 Å². The average Bonchev–Trinajstić information content (AvgIpc) is 2.64. The molecule has 0 spiro atoms. The van der Waals surface area contributed by atoms with Crippen molar-refractivity contribution in [2.24, 2.45) is 12.8 Å². The highest BCUT2D eigenvalue weighted by atomic mass is 16.1. The van der Waals surface area contributed by atoms with Gasteiger partial charge in [0.1, 0.15) is 0 Å². The second kappa shape index (κ2) is 3.86. The number of primary amides is 1. The molecule has 1 aromatic carbocycles. The van der Waals surface area contributed by atoms with E-state index < -0.39 is 5.41 Å². The predicted octanol–water partition coefficient (Wildman–Crippen LogP) is 2.57. The number of aromatic nitrogens is 1. The van der Waals surface area contributed by atoms with Crippen LogP contribution >= 0.6 is 0 Å². The Labute approximate surface area is 113 Å². The van der Waals surface area contributed by atoms with E-state index in [9.17, 15) is 4.79 Å². The first-order valence-corrected chi connectivity index (χ1v) is 6.83. The van der Waals surface area contributed by atoms with Crippen molar-refractivity contribution in [1.82, 2.24) is 4.57 Å². The van der Waals surface area contributed by atoms with Gasteiger partial charge in [0.05, 0.1) is 5.41 Å². The maximum absolute atomic E-state index is 11.9. The standard InChI is InChI=1S/C16H20N2O/c1-10-6-7-13-12(9-10)11-5-4-8-16(2,15(17)19)14(11)18(13)3/h6-7,9H,4-5,8H2,1-3H3,(H2,17,19)/t16-/m0/s1. The second-order valence-electron chi connectivity index (χ2n) is 5.96. The summed E-state index contributed by atoms with van der Waals surface area (Å²) >= 11 is 0. The number of carbonyl (C=O) groups excluding carboxylic acids is 1. The van der Waals surface area contributed by atoms with Gasteiger partial charge >= 0.3 is 0 Å². The van der Waals surface area contributed by atoms with Gasteiger partial charge in [-0.3, -0.25) is 4.79 Å². The molecule has 0 saturated carbocycles. The van der Waals surface area contributed by atoms with Crippen molar-refractivity contribution < 1.29 is 4.79 Å². The molecule has 2 N–H and O–H groups in total. The van der Waals surface area contributed by atoms with Crippen molar-refractivity contribution in [3.63, 3.8) is 0 Å². The number of benzene rings is 1. The highest BCUT2D eigenvalue weighted by Gasteiger charge is 2.40. The molecule has 3 heteroatoms. The summed E-state index contributed by atoms with van der Waals surface area (Å²) in [5.74, 6) is -0.212. The number of amides is 1. The summed E-state index contributed by atoms with van der Waals surface area (Å²) in [7, 11) is 2.04. The number of fused-ring (bicyclic) bond motifs is 3.